The predicted octanol–water partition coefficient (Wildman–Crippen LogP) is 0.906. The number of carbonyl (C=O) groups excluding carboxylic acids is 1. The van der Waals surface area contributed by atoms with Crippen molar-refractivity contribution in [1.29, 1.82) is 0 Å². The molecule has 78 valence electrons. The first-order valence-corrected chi connectivity index (χ1v) is 4.06. The fourth-order valence-electron chi connectivity index (χ4n) is 0.555. The molecule has 0 spiro atoms. The van der Waals surface area contributed by atoms with Crippen LogP contribution in [0.25, 0.3) is 0 Å². The number of rotatable bonds is 2. The van der Waals surface area contributed by atoms with E-state index in [1.54, 1.807) is 20.8 Å². The standard InChI is InChI=1S/C9H17NO3.Zn/c1-6(7(2)11)10-8(12)13-9(3,4)5;/h6-7,11H,1-2H2,3-5H3,(H,10,12);/q-2;+2/t6-,7+;/m0./s1. The smallest absolute Gasteiger partial charge is 0.444 e. The molecule has 5 heteroatoms. The summed E-state index contributed by atoms with van der Waals surface area (Å²) in [5, 5.41) is 11.3. The summed E-state index contributed by atoms with van der Waals surface area (Å²) in [4.78, 5) is 11.1. The second-order valence-electron chi connectivity index (χ2n) is 3.82. The molecule has 0 unspecified atom stereocenters. The Morgan fingerprint density at radius 2 is 1.86 bits per heavy atom. The second-order valence-corrected chi connectivity index (χ2v) is 3.82. The largest absolute Gasteiger partial charge is 2.00 e. The van der Waals surface area contributed by atoms with Gasteiger partial charge in [-0.25, -0.2) is 4.79 Å². The van der Waals surface area contributed by atoms with Gasteiger partial charge in [0, 0.05) is 0 Å². The SMILES string of the molecule is [CH2-][C@H](NC(=O)OC(C)(C)C)[C@@H]([CH2-])O.[Zn+2]. The average molecular weight is 253 g/mol. The Labute approximate surface area is 98.2 Å². The quantitative estimate of drug-likeness (QED) is 0.567. The van der Waals surface area contributed by atoms with Crippen molar-refractivity contribution in [1.82, 2.24) is 5.32 Å². The monoisotopic (exact) mass is 251 g/mol. The van der Waals surface area contributed by atoms with Crippen molar-refractivity contribution in [2.75, 3.05) is 0 Å². The molecule has 0 fully saturated rings. The molecule has 0 aromatic rings. The van der Waals surface area contributed by atoms with Crippen LogP contribution in [0.5, 0.6) is 0 Å². The molecular weight excluding hydrogens is 235 g/mol. The van der Waals surface area contributed by atoms with Crippen LogP contribution in [0.15, 0.2) is 0 Å². The van der Waals surface area contributed by atoms with Crippen LogP contribution in [0.3, 0.4) is 0 Å². The van der Waals surface area contributed by atoms with Crippen LogP contribution in [0.1, 0.15) is 20.8 Å². The van der Waals surface area contributed by atoms with Crippen LogP contribution < -0.4 is 5.32 Å². The van der Waals surface area contributed by atoms with Gasteiger partial charge >= 0.3 is 25.6 Å². The molecule has 4 nitrogen and oxygen atoms in total. The third-order valence-electron chi connectivity index (χ3n) is 1.17. The van der Waals surface area contributed by atoms with E-state index in [1.807, 2.05) is 0 Å². The maximum absolute atomic E-state index is 11.1. The van der Waals surface area contributed by atoms with Gasteiger partial charge in [0.1, 0.15) is 5.60 Å². The van der Waals surface area contributed by atoms with Crippen LogP contribution in [0.4, 0.5) is 4.79 Å². The molecule has 0 saturated carbocycles. The van der Waals surface area contributed by atoms with E-state index in [0.717, 1.165) is 0 Å². The first-order valence-electron chi connectivity index (χ1n) is 4.06. The maximum atomic E-state index is 11.1. The van der Waals surface area contributed by atoms with Crippen molar-refractivity contribution in [2.24, 2.45) is 0 Å². The summed E-state index contributed by atoms with van der Waals surface area (Å²) in [6.07, 6.45) is -1.54. The van der Waals surface area contributed by atoms with Crippen molar-refractivity contribution in [2.45, 2.75) is 38.5 Å². The summed E-state index contributed by atoms with van der Waals surface area (Å²) in [7, 11) is 0. The van der Waals surface area contributed by atoms with Crippen molar-refractivity contribution >= 4 is 6.09 Å². The zero-order chi connectivity index (χ0) is 10.6. The average Bonchev–Trinajstić information content (AvgIpc) is 1.81. The molecule has 0 aliphatic rings. The Balaban J connectivity index is 0. The summed E-state index contributed by atoms with van der Waals surface area (Å²) >= 11 is 0. The molecule has 2 atom stereocenters. The van der Waals surface area contributed by atoms with E-state index < -0.39 is 23.8 Å². The van der Waals surface area contributed by atoms with Gasteiger partial charge < -0.3 is 29.0 Å². The number of aliphatic hydroxyl groups is 1. The summed E-state index contributed by atoms with van der Waals surface area (Å²) < 4.78 is 4.93. The van der Waals surface area contributed by atoms with E-state index in [2.05, 4.69) is 19.2 Å². The molecule has 0 rings (SSSR count). The van der Waals surface area contributed by atoms with Crippen molar-refractivity contribution in [3.8, 4) is 0 Å². The van der Waals surface area contributed by atoms with Crippen LogP contribution in [0.2, 0.25) is 0 Å². The Bertz CT molecular complexity index is 177. The molecule has 1 amide bonds. The molecule has 0 heterocycles. The number of hydrogen-bond donors (Lipinski definition) is 2. The first-order chi connectivity index (χ1) is 5.72. The van der Waals surface area contributed by atoms with E-state index >= 15 is 0 Å². The van der Waals surface area contributed by atoms with Gasteiger partial charge in [0.15, 0.2) is 0 Å². The first kappa shape index (κ1) is 16.3. The summed E-state index contributed by atoms with van der Waals surface area (Å²) in [5.74, 6) is 0. The summed E-state index contributed by atoms with van der Waals surface area (Å²) in [6, 6.07) is -0.658. The van der Waals surface area contributed by atoms with Gasteiger partial charge in [-0.2, -0.15) is 0 Å². The summed E-state index contributed by atoms with van der Waals surface area (Å²) in [5.41, 5.74) is -0.546. The number of nitrogens with one attached hydrogen (secondary N) is 1. The summed E-state index contributed by atoms with van der Waals surface area (Å²) in [6.45, 7) is 12.1. The molecule has 0 bridgehead atoms. The molecule has 2 N–H and O–H groups in total. The van der Waals surface area contributed by atoms with Crippen molar-refractivity contribution < 1.29 is 34.1 Å². The Morgan fingerprint density at radius 1 is 1.43 bits per heavy atom. The predicted molar refractivity (Wildman–Crippen MR) is 49.9 cm³/mol. The van der Waals surface area contributed by atoms with Crippen LogP contribution >= 0.6 is 0 Å². The minimum atomic E-state index is -0.937. The van der Waals surface area contributed by atoms with Gasteiger partial charge in [-0.15, -0.1) is 0 Å². The second kappa shape index (κ2) is 6.36. The van der Waals surface area contributed by atoms with E-state index in [0.29, 0.717) is 0 Å². The zero-order valence-corrected chi connectivity index (χ0v) is 12.0. The van der Waals surface area contributed by atoms with Crippen LogP contribution in [-0.4, -0.2) is 28.9 Å². The molecular formula is C9H17NO3Zn. The Hall–Kier alpha value is -0.147. The normalized spacial score (nSPS) is 15.0. The number of amides is 1. The third-order valence-corrected chi connectivity index (χ3v) is 1.17. The number of alkyl carbamates (subject to hydrolysis) is 1. The van der Waals surface area contributed by atoms with Crippen LogP contribution in [-0.2, 0) is 24.2 Å². The van der Waals surface area contributed by atoms with Gasteiger partial charge in [-0.1, -0.05) is 12.1 Å². The number of hydrogen-bond acceptors (Lipinski definition) is 3. The molecule has 0 radical (unpaired) electrons. The van der Waals surface area contributed by atoms with Gasteiger partial charge in [-0.05, 0) is 20.8 Å². The van der Waals surface area contributed by atoms with Crippen molar-refractivity contribution in [3.05, 3.63) is 13.8 Å². The molecule has 0 saturated heterocycles. The minimum absolute atomic E-state index is 0. The molecule has 0 aliphatic heterocycles. The Morgan fingerprint density at radius 3 is 2.14 bits per heavy atom. The van der Waals surface area contributed by atoms with E-state index in [1.165, 1.54) is 0 Å². The maximum Gasteiger partial charge on any atom is 2.00 e. The molecule has 0 aromatic heterocycles. The fourth-order valence-corrected chi connectivity index (χ4v) is 0.555. The van der Waals surface area contributed by atoms with Gasteiger partial charge in [0.2, 0.25) is 0 Å². The number of aliphatic hydroxyl groups excluding tert-OH is 1. The number of carbonyl (C=O) groups is 1. The minimum Gasteiger partial charge on any atom is -0.444 e. The molecule has 0 aromatic carbocycles. The third kappa shape index (κ3) is 8.45. The zero-order valence-electron chi connectivity index (χ0n) is 9.04. The fraction of sp³-hybridized carbons (Fsp3) is 0.667. The van der Waals surface area contributed by atoms with Gasteiger partial charge in [0.25, 0.3) is 0 Å². The molecule has 0 aliphatic carbocycles. The van der Waals surface area contributed by atoms with Gasteiger partial charge in [0.05, 0.1) is 0 Å². The van der Waals surface area contributed by atoms with E-state index in [-0.39, 0.29) is 19.5 Å². The van der Waals surface area contributed by atoms with Gasteiger partial charge in [-0.3, -0.25) is 0 Å². The van der Waals surface area contributed by atoms with Crippen molar-refractivity contribution in [3.63, 3.8) is 0 Å². The topological polar surface area (TPSA) is 58.6 Å². The molecule has 14 heavy (non-hydrogen) atoms. The van der Waals surface area contributed by atoms with E-state index in [9.17, 15) is 4.79 Å². The van der Waals surface area contributed by atoms with E-state index in [4.69, 9.17) is 9.84 Å². The number of ether oxygens (including phenoxy) is 1. The van der Waals surface area contributed by atoms with Crippen LogP contribution in [0, 0.1) is 13.8 Å². The Kier molecular flexibility index (Phi) is 7.40.